The van der Waals surface area contributed by atoms with Crippen LogP contribution < -0.4 is 5.32 Å². The smallest absolute Gasteiger partial charge is 0.272 e. The number of carbonyl (C=O) groups excluding carboxylic acids is 1. The Kier molecular flexibility index (Phi) is 5.25. The number of hydrogen-bond acceptors (Lipinski definition) is 3. The van der Waals surface area contributed by atoms with Crippen LogP contribution in [0.15, 0.2) is 48.7 Å². The van der Waals surface area contributed by atoms with E-state index in [0.717, 1.165) is 38.2 Å². The molecule has 0 radical (unpaired) electrons. The van der Waals surface area contributed by atoms with Gasteiger partial charge in [0.15, 0.2) is 0 Å². The Balaban J connectivity index is 1.59. The van der Waals surface area contributed by atoms with Crippen LogP contribution in [-0.2, 0) is 6.54 Å². The SMILES string of the molecule is O=C(c1ccc(NCc2ccccc2)cn1)N1CCCCCC1. The van der Waals surface area contributed by atoms with Crippen LogP contribution in [0.4, 0.5) is 5.69 Å². The Morgan fingerprint density at radius 2 is 1.74 bits per heavy atom. The monoisotopic (exact) mass is 309 g/mol. The van der Waals surface area contributed by atoms with Gasteiger partial charge in [-0.15, -0.1) is 0 Å². The maximum Gasteiger partial charge on any atom is 0.272 e. The summed E-state index contributed by atoms with van der Waals surface area (Å²) in [7, 11) is 0. The van der Waals surface area contributed by atoms with Crippen molar-refractivity contribution in [1.82, 2.24) is 9.88 Å². The second-order valence-corrected chi connectivity index (χ2v) is 5.98. The molecule has 4 heteroatoms. The van der Waals surface area contributed by atoms with Crippen molar-refractivity contribution < 1.29 is 4.79 Å². The predicted octanol–water partition coefficient (Wildman–Crippen LogP) is 3.71. The van der Waals surface area contributed by atoms with Crippen LogP contribution in [0.3, 0.4) is 0 Å². The fourth-order valence-electron chi connectivity index (χ4n) is 2.86. The Hall–Kier alpha value is -2.36. The summed E-state index contributed by atoms with van der Waals surface area (Å²) in [5, 5.41) is 3.33. The third-order valence-corrected chi connectivity index (χ3v) is 4.22. The van der Waals surface area contributed by atoms with Crippen LogP contribution in [-0.4, -0.2) is 28.9 Å². The molecule has 0 unspecified atom stereocenters. The number of likely N-dealkylation sites (tertiary alicyclic amines) is 1. The van der Waals surface area contributed by atoms with E-state index >= 15 is 0 Å². The van der Waals surface area contributed by atoms with Crippen molar-refractivity contribution in [2.45, 2.75) is 32.2 Å². The molecule has 2 heterocycles. The summed E-state index contributed by atoms with van der Waals surface area (Å²) in [6.07, 6.45) is 6.39. The van der Waals surface area contributed by atoms with E-state index in [0.29, 0.717) is 5.69 Å². The molecule has 1 fully saturated rings. The molecule has 1 aliphatic rings. The molecule has 0 spiro atoms. The van der Waals surface area contributed by atoms with Gasteiger partial charge in [-0.05, 0) is 30.5 Å². The highest BCUT2D eigenvalue weighted by molar-refractivity contribution is 5.92. The molecule has 1 aromatic carbocycles. The summed E-state index contributed by atoms with van der Waals surface area (Å²) in [5.74, 6) is 0.0570. The van der Waals surface area contributed by atoms with E-state index in [1.54, 1.807) is 6.20 Å². The summed E-state index contributed by atoms with van der Waals surface area (Å²) in [6, 6.07) is 14.0. The molecule has 23 heavy (non-hydrogen) atoms. The van der Waals surface area contributed by atoms with Crippen LogP contribution >= 0.6 is 0 Å². The summed E-state index contributed by atoms with van der Waals surface area (Å²) < 4.78 is 0. The average Bonchev–Trinajstić information content (AvgIpc) is 2.90. The molecule has 1 N–H and O–H groups in total. The highest BCUT2D eigenvalue weighted by atomic mass is 16.2. The molecular formula is C19H23N3O. The minimum atomic E-state index is 0.0570. The number of nitrogens with one attached hydrogen (secondary N) is 1. The molecule has 120 valence electrons. The first-order valence-electron chi connectivity index (χ1n) is 8.36. The standard InChI is InChI=1S/C19H23N3O/c23-19(22-12-6-1-2-7-13-22)18-11-10-17(15-21-18)20-14-16-8-4-3-5-9-16/h3-5,8-11,15,20H,1-2,6-7,12-14H2. The van der Waals surface area contributed by atoms with Crippen molar-refractivity contribution >= 4 is 11.6 Å². The second-order valence-electron chi connectivity index (χ2n) is 5.98. The number of aromatic nitrogens is 1. The van der Waals surface area contributed by atoms with Gasteiger partial charge < -0.3 is 10.2 Å². The Morgan fingerprint density at radius 1 is 1.00 bits per heavy atom. The number of rotatable bonds is 4. The van der Waals surface area contributed by atoms with Crippen molar-refractivity contribution in [2.24, 2.45) is 0 Å². The molecule has 1 amide bonds. The number of benzene rings is 1. The fraction of sp³-hybridized carbons (Fsp3) is 0.368. The molecule has 2 aromatic rings. The first kappa shape index (κ1) is 15.5. The van der Waals surface area contributed by atoms with Crippen LogP contribution in [0.25, 0.3) is 0 Å². The third kappa shape index (κ3) is 4.31. The van der Waals surface area contributed by atoms with Gasteiger partial charge >= 0.3 is 0 Å². The lowest BCUT2D eigenvalue weighted by atomic mass is 10.2. The molecule has 0 bridgehead atoms. The number of nitrogens with zero attached hydrogens (tertiary/aromatic N) is 2. The predicted molar refractivity (Wildman–Crippen MR) is 92.4 cm³/mol. The van der Waals surface area contributed by atoms with Crippen molar-refractivity contribution in [2.75, 3.05) is 18.4 Å². The van der Waals surface area contributed by atoms with Crippen molar-refractivity contribution in [3.63, 3.8) is 0 Å². The highest BCUT2D eigenvalue weighted by Gasteiger charge is 2.18. The maximum atomic E-state index is 12.5. The van der Waals surface area contributed by atoms with Crippen molar-refractivity contribution in [1.29, 1.82) is 0 Å². The first-order valence-corrected chi connectivity index (χ1v) is 8.36. The highest BCUT2D eigenvalue weighted by Crippen LogP contribution is 2.14. The van der Waals surface area contributed by atoms with Crippen molar-refractivity contribution in [3.05, 3.63) is 59.9 Å². The van der Waals surface area contributed by atoms with Gasteiger partial charge in [-0.3, -0.25) is 4.79 Å². The van der Waals surface area contributed by atoms with Crippen LogP contribution in [0.1, 0.15) is 41.7 Å². The van der Waals surface area contributed by atoms with Gasteiger partial charge in [-0.2, -0.15) is 0 Å². The number of anilines is 1. The van der Waals surface area contributed by atoms with E-state index in [9.17, 15) is 4.79 Å². The van der Waals surface area contributed by atoms with E-state index in [-0.39, 0.29) is 5.91 Å². The normalized spacial score (nSPS) is 15.0. The topological polar surface area (TPSA) is 45.2 Å². The van der Waals surface area contributed by atoms with Gasteiger partial charge in [0.25, 0.3) is 5.91 Å². The van der Waals surface area contributed by atoms with Gasteiger partial charge in [0.05, 0.1) is 11.9 Å². The molecule has 0 aliphatic carbocycles. The lowest BCUT2D eigenvalue weighted by Gasteiger charge is -2.19. The van der Waals surface area contributed by atoms with Crippen molar-refractivity contribution in [3.8, 4) is 0 Å². The largest absolute Gasteiger partial charge is 0.380 e. The lowest BCUT2D eigenvalue weighted by Crippen LogP contribution is -2.32. The Bertz CT molecular complexity index is 617. The summed E-state index contributed by atoms with van der Waals surface area (Å²) in [5.41, 5.74) is 2.69. The molecule has 1 aromatic heterocycles. The zero-order chi connectivity index (χ0) is 15.9. The maximum absolute atomic E-state index is 12.5. The molecule has 0 saturated carbocycles. The molecule has 1 aliphatic heterocycles. The second kappa shape index (κ2) is 7.77. The fourth-order valence-corrected chi connectivity index (χ4v) is 2.86. The van der Waals surface area contributed by atoms with Gasteiger partial charge in [0, 0.05) is 19.6 Å². The number of hydrogen-bond donors (Lipinski definition) is 1. The van der Waals surface area contributed by atoms with Gasteiger partial charge in [0.1, 0.15) is 5.69 Å². The Morgan fingerprint density at radius 3 is 2.39 bits per heavy atom. The zero-order valence-electron chi connectivity index (χ0n) is 13.4. The first-order chi connectivity index (χ1) is 11.3. The number of amides is 1. The molecule has 3 rings (SSSR count). The molecule has 1 saturated heterocycles. The minimum absolute atomic E-state index is 0.0570. The van der Waals surface area contributed by atoms with Gasteiger partial charge in [0.2, 0.25) is 0 Å². The summed E-state index contributed by atoms with van der Waals surface area (Å²) in [4.78, 5) is 18.8. The summed E-state index contributed by atoms with van der Waals surface area (Å²) >= 11 is 0. The zero-order valence-corrected chi connectivity index (χ0v) is 13.4. The lowest BCUT2D eigenvalue weighted by molar-refractivity contribution is 0.0756. The average molecular weight is 309 g/mol. The quantitative estimate of drug-likeness (QED) is 0.936. The van der Waals surface area contributed by atoms with Gasteiger partial charge in [-0.25, -0.2) is 4.98 Å². The molecule has 4 nitrogen and oxygen atoms in total. The van der Waals surface area contributed by atoms with E-state index in [1.165, 1.54) is 18.4 Å². The van der Waals surface area contributed by atoms with Crippen LogP contribution in [0, 0.1) is 0 Å². The summed E-state index contributed by atoms with van der Waals surface area (Å²) in [6.45, 7) is 2.46. The Labute approximate surface area is 137 Å². The van der Waals surface area contributed by atoms with E-state index < -0.39 is 0 Å². The van der Waals surface area contributed by atoms with E-state index in [1.807, 2.05) is 35.2 Å². The van der Waals surface area contributed by atoms with E-state index in [2.05, 4.69) is 22.4 Å². The molecular weight excluding hydrogens is 286 g/mol. The number of pyridine rings is 1. The van der Waals surface area contributed by atoms with Crippen LogP contribution in [0.5, 0.6) is 0 Å². The molecule has 0 atom stereocenters. The number of carbonyl (C=O) groups is 1. The van der Waals surface area contributed by atoms with Crippen LogP contribution in [0.2, 0.25) is 0 Å². The third-order valence-electron chi connectivity index (χ3n) is 4.22. The minimum Gasteiger partial charge on any atom is -0.380 e. The van der Waals surface area contributed by atoms with E-state index in [4.69, 9.17) is 0 Å². The van der Waals surface area contributed by atoms with Gasteiger partial charge in [-0.1, -0.05) is 43.2 Å².